The summed E-state index contributed by atoms with van der Waals surface area (Å²) in [6.07, 6.45) is 1.66. The molecule has 0 aliphatic rings. The fourth-order valence-corrected chi connectivity index (χ4v) is 4.98. The number of hydrogen-bond donors (Lipinski definition) is 1. The fourth-order valence-electron chi connectivity index (χ4n) is 3.29. The van der Waals surface area contributed by atoms with Gasteiger partial charge in [0.25, 0.3) is 5.91 Å². The lowest BCUT2D eigenvalue weighted by atomic mass is 10.0. The number of primary sulfonamides is 1. The second-order valence-electron chi connectivity index (χ2n) is 7.15. The third-order valence-electron chi connectivity index (χ3n) is 4.92. The molecule has 33 heavy (non-hydrogen) atoms. The van der Waals surface area contributed by atoms with Crippen LogP contribution in [0.4, 0.5) is 0 Å². The van der Waals surface area contributed by atoms with E-state index < -0.39 is 15.9 Å². The number of nitrogens with two attached hydrogens (primary N) is 1. The summed E-state index contributed by atoms with van der Waals surface area (Å²) in [5.74, 6) is -0.615. The molecule has 166 valence electrons. The van der Waals surface area contributed by atoms with Crippen LogP contribution in [0.5, 0.6) is 0 Å². The largest absolute Gasteiger partial charge is 0.312 e. The molecular weight excluding hydrogens is 458 g/mol. The van der Waals surface area contributed by atoms with E-state index in [4.69, 9.17) is 5.14 Å². The van der Waals surface area contributed by atoms with Crippen LogP contribution in [0.25, 0.3) is 10.2 Å². The van der Waals surface area contributed by atoms with Crippen LogP contribution in [0.3, 0.4) is 0 Å². The molecule has 0 aliphatic heterocycles. The van der Waals surface area contributed by atoms with Crippen LogP contribution in [0.15, 0.2) is 95.3 Å². The maximum Gasteiger partial charge on any atom is 0.279 e. The van der Waals surface area contributed by atoms with Crippen molar-refractivity contribution in [3.8, 4) is 0 Å². The Morgan fingerprint density at radius 3 is 2.24 bits per heavy atom. The number of aromatic nitrogens is 1. The first-order chi connectivity index (χ1) is 15.8. The molecule has 3 aromatic carbocycles. The van der Waals surface area contributed by atoms with Crippen molar-refractivity contribution in [1.29, 1.82) is 0 Å². The van der Waals surface area contributed by atoms with Crippen LogP contribution in [0.1, 0.15) is 26.3 Å². The van der Waals surface area contributed by atoms with Gasteiger partial charge in [-0.25, -0.2) is 13.6 Å². The van der Waals surface area contributed by atoms with Crippen molar-refractivity contribution in [3.63, 3.8) is 0 Å². The van der Waals surface area contributed by atoms with Crippen molar-refractivity contribution in [3.05, 3.63) is 107 Å². The first-order valence-corrected chi connectivity index (χ1v) is 12.2. The SMILES string of the molecule is C=CCn1c(=NC(=O)c2ccc(C(=O)c3ccccc3)cc2)sc2cc(S(N)(=O)=O)ccc21. The first-order valence-electron chi connectivity index (χ1n) is 9.84. The summed E-state index contributed by atoms with van der Waals surface area (Å²) >= 11 is 1.18. The maximum atomic E-state index is 12.8. The summed E-state index contributed by atoms with van der Waals surface area (Å²) in [5, 5.41) is 5.23. The zero-order valence-corrected chi connectivity index (χ0v) is 19.0. The zero-order valence-electron chi connectivity index (χ0n) is 17.3. The number of sulfonamides is 1. The van der Waals surface area contributed by atoms with E-state index in [1.54, 1.807) is 65.2 Å². The Morgan fingerprint density at radius 2 is 1.61 bits per heavy atom. The van der Waals surface area contributed by atoms with Crippen molar-refractivity contribution in [2.24, 2.45) is 10.1 Å². The molecule has 0 fully saturated rings. The second kappa shape index (κ2) is 9.07. The van der Waals surface area contributed by atoms with Gasteiger partial charge in [-0.15, -0.1) is 6.58 Å². The molecule has 0 unspecified atom stereocenters. The molecule has 0 bridgehead atoms. The van der Waals surface area contributed by atoms with Gasteiger partial charge in [0.1, 0.15) is 0 Å². The highest BCUT2D eigenvalue weighted by molar-refractivity contribution is 7.89. The molecular formula is C24H19N3O4S2. The van der Waals surface area contributed by atoms with E-state index >= 15 is 0 Å². The van der Waals surface area contributed by atoms with Crippen LogP contribution in [0, 0.1) is 0 Å². The minimum absolute atomic E-state index is 0.0152. The van der Waals surface area contributed by atoms with Gasteiger partial charge in [-0.2, -0.15) is 4.99 Å². The van der Waals surface area contributed by atoms with Crippen LogP contribution in [-0.2, 0) is 16.6 Å². The fraction of sp³-hybridized carbons (Fsp3) is 0.0417. The Labute approximate surface area is 194 Å². The van der Waals surface area contributed by atoms with Gasteiger partial charge < -0.3 is 4.57 Å². The Hall–Kier alpha value is -3.66. The van der Waals surface area contributed by atoms with Crippen molar-refractivity contribution in [2.75, 3.05) is 0 Å². The number of fused-ring (bicyclic) bond motifs is 1. The molecule has 0 saturated carbocycles. The summed E-state index contributed by atoms with van der Waals surface area (Å²) in [6.45, 7) is 4.12. The van der Waals surface area contributed by atoms with Gasteiger partial charge in [0.15, 0.2) is 10.6 Å². The maximum absolute atomic E-state index is 12.8. The third kappa shape index (κ3) is 4.75. The van der Waals surface area contributed by atoms with E-state index in [0.29, 0.717) is 38.3 Å². The van der Waals surface area contributed by atoms with Crippen molar-refractivity contribution in [1.82, 2.24) is 4.57 Å². The van der Waals surface area contributed by atoms with Gasteiger partial charge in [0.05, 0.1) is 15.1 Å². The molecule has 0 aliphatic carbocycles. The molecule has 1 aromatic heterocycles. The Kier molecular flexibility index (Phi) is 6.19. The number of carbonyl (C=O) groups excluding carboxylic acids is 2. The molecule has 1 heterocycles. The predicted molar refractivity (Wildman–Crippen MR) is 128 cm³/mol. The number of thiazole rings is 1. The molecule has 0 atom stereocenters. The molecule has 4 aromatic rings. The highest BCUT2D eigenvalue weighted by Gasteiger charge is 2.14. The average molecular weight is 478 g/mol. The molecule has 0 radical (unpaired) electrons. The topological polar surface area (TPSA) is 112 Å². The second-order valence-corrected chi connectivity index (χ2v) is 9.72. The molecule has 2 N–H and O–H groups in total. The molecule has 0 saturated heterocycles. The number of benzene rings is 3. The lowest BCUT2D eigenvalue weighted by Gasteiger charge is -2.03. The number of hydrogen-bond acceptors (Lipinski definition) is 5. The highest BCUT2D eigenvalue weighted by atomic mass is 32.2. The van der Waals surface area contributed by atoms with Crippen LogP contribution >= 0.6 is 11.3 Å². The quantitative estimate of drug-likeness (QED) is 0.338. The van der Waals surface area contributed by atoms with Gasteiger partial charge in [-0.05, 0) is 30.3 Å². The first kappa shape index (κ1) is 22.5. The highest BCUT2D eigenvalue weighted by Crippen LogP contribution is 2.21. The monoisotopic (exact) mass is 477 g/mol. The standard InChI is InChI=1S/C24H19N3O4S2/c1-2-14-27-20-13-12-19(33(25,30)31)15-21(20)32-24(27)26-23(29)18-10-8-17(9-11-18)22(28)16-6-4-3-5-7-16/h2-13,15H,1,14H2,(H2,25,30,31). The van der Waals surface area contributed by atoms with Crippen LogP contribution in [0.2, 0.25) is 0 Å². The van der Waals surface area contributed by atoms with E-state index in [1.165, 1.54) is 23.5 Å². The number of ketones is 1. The summed E-state index contributed by atoms with van der Waals surface area (Å²) in [5.41, 5.74) is 2.07. The molecule has 1 amide bonds. The minimum atomic E-state index is -3.86. The van der Waals surface area contributed by atoms with Gasteiger partial charge in [0, 0.05) is 23.2 Å². The van der Waals surface area contributed by atoms with Gasteiger partial charge >= 0.3 is 0 Å². The molecule has 0 spiro atoms. The van der Waals surface area contributed by atoms with E-state index in [0.717, 1.165) is 0 Å². The van der Waals surface area contributed by atoms with Crippen LogP contribution in [-0.4, -0.2) is 24.7 Å². The number of nitrogens with zero attached hydrogens (tertiary/aromatic N) is 2. The van der Waals surface area contributed by atoms with E-state index in [9.17, 15) is 18.0 Å². The van der Waals surface area contributed by atoms with Crippen LogP contribution < -0.4 is 9.94 Å². The number of rotatable bonds is 6. The van der Waals surface area contributed by atoms with Crippen molar-refractivity contribution in [2.45, 2.75) is 11.4 Å². The normalized spacial score (nSPS) is 12.1. The minimum Gasteiger partial charge on any atom is -0.312 e. The Bertz CT molecular complexity index is 1550. The summed E-state index contributed by atoms with van der Waals surface area (Å²) in [7, 11) is -3.86. The van der Waals surface area contributed by atoms with Gasteiger partial charge in [0.2, 0.25) is 10.0 Å². The van der Waals surface area contributed by atoms with Gasteiger partial charge in [-0.3, -0.25) is 9.59 Å². The van der Waals surface area contributed by atoms with Crippen molar-refractivity contribution < 1.29 is 18.0 Å². The van der Waals surface area contributed by atoms with E-state index in [-0.39, 0.29) is 10.7 Å². The van der Waals surface area contributed by atoms with E-state index in [1.807, 2.05) is 6.07 Å². The van der Waals surface area contributed by atoms with Gasteiger partial charge in [-0.1, -0.05) is 59.9 Å². The summed E-state index contributed by atoms with van der Waals surface area (Å²) < 4.78 is 25.8. The molecule has 4 rings (SSSR count). The lowest BCUT2D eigenvalue weighted by Crippen LogP contribution is -2.16. The summed E-state index contributed by atoms with van der Waals surface area (Å²) in [4.78, 5) is 30.0. The summed E-state index contributed by atoms with van der Waals surface area (Å²) in [6, 6.07) is 19.7. The predicted octanol–water partition coefficient (Wildman–Crippen LogP) is 3.51. The van der Waals surface area contributed by atoms with Crippen molar-refractivity contribution >= 4 is 43.3 Å². The van der Waals surface area contributed by atoms with E-state index in [2.05, 4.69) is 11.6 Å². The Balaban J connectivity index is 1.70. The zero-order chi connectivity index (χ0) is 23.6. The number of carbonyl (C=O) groups is 2. The lowest BCUT2D eigenvalue weighted by molar-refractivity contribution is 0.0994. The average Bonchev–Trinajstić information content (AvgIpc) is 3.15. The third-order valence-corrected chi connectivity index (χ3v) is 6.87. The number of amides is 1. The molecule has 9 heteroatoms. The Morgan fingerprint density at radius 1 is 0.970 bits per heavy atom. The smallest absolute Gasteiger partial charge is 0.279 e. The molecule has 7 nitrogen and oxygen atoms in total. The number of allylic oxidation sites excluding steroid dienone is 1.